The molecule has 2 rings (SSSR count). The molecule has 2 aromatic carbocycles. The molecule has 0 N–H and O–H groups in total. The number of carbonyl (C=O) groups excluding carboxylic acids is 1. The number of halogens is 3. The van der Waals surface area contributed by atoms with Crippen LogP contribution in [-0.4, -0.2) is 5.97 Å². The highest BCUT2D eigenvalue weighted by Crippen LogP contribution is 2.33. The Morgan fingerprint density at radius 1 is 1.05 bits per heavy atom. The maximum atomic E-state index is 12.0. The maximum Gasteiger partial charge on any atom is 0.343 e. The van der Waals surface area contributed by atoms with Crippen LogP contribution in [0, 0.1) is 0 Å². The van der Waals surface area contributed by atoms with Crippen LogP contribution < -0.4 is 4.74 Å². The fourth-order valence-electron chi connectivity index (χ4n) is 1.48. The molecule has 0 amide bonds. The van der Waals surface area contributed by atoms with Crippen molar-refractivity contribution in [2.75, 3.05) is 0 Å². The Morgan fingerprint density at radius 2 is 1.74 bits per heavy atom. The summed E-state index contributed by atoms with van der Waals surface area (Å²) in [5.41, 5.74) is 1.54. The molecule has 0 saturated heterocycles. The van der Waals surface area contributed by atoms with Crippen LogP contribution in [0.4, 0.5) is 0 Å². The average molecular weight is 449 g/mol. The summed E-state index contributed by atoms with van der Waals surface area (Å²) in [4.78, 5) is 12.0. The van der Waals surface area contributed by atoms with E-state index in [-0.39, 0.29) is 5.97 Å². The van der Waals surface area contributed by atoms with Crippen LogP contribution in [0.1, 0.15) is 15.9 Å². The van der Waals surface area contributed by atoms with E-state index in [4.69, 9.17) is 4.74 Å². The van der Waals surface area contributed by atoms with E-state index in [1.807, 2.05) is 18.2 Å². The van der Waals surface area contributed by atoms with Crippen molar-refractivity contribution in [2.24, 2.45) is 0 Å². The van der Waals surface area contributed by atoms with Gasteiger partial charge in [-0.3, -0.25) is 0 Å². The first kappa shape index (κ1) is 14.8. The molecule has 5 heteroatoms. The Bertz CT molecular complexity index is 597. The summed E-state index contributed by atoms with van der Waals surface area (Å²) >= 11 is 10.2. The van der Waals surface area contributed by atoms with Gasteiger partial charge in [0.05, 0.1) is 10.0 Å². The van der Waals surface area contributed by atoms with Gasteiger partial charge in [-0.15, -0.1) is 0 Å². The van der Waals surface area contributed by atoms with Gasteiger partial charge < -0.3 is 4.74 Å². The standard InChI is InChI=1S/C14H9Br3O2/c15-8-10-6-13(12(17)7-11(10)16)19-14(18)9-4-2-1-3-5-9/h1-7H,8H2. The minimum absolute atomic E-state index is 0.371. The van der Waals surface area contributed by atoms with Gasteiger partial charge in [-0.05, 0) is 45.8 Å². The third-order valence-corrected chi connectivity index (χ3v) is 4.42. The molecule has 0 heterocycles. The summed E-state index contributed by atoms with van der Waals surface area (Å²) in [7, 11) is 0. The zero-order valence-corrected chi connectivity index (χ0v) is 14.5. The van der Waals surface area contributed by atoms with Crippen molar-refractivity contribution in [1.82, 2.24) is 0 Å². The molecule has 2 aromatic rings. The second-order valence-corrected chi connectivity index (χ2v) is 6.03. The molecule has 0 aliphatic carbocycles. The van der Waals surface area contributed by atoms with E-state index in [9.17, 15) is 4.79 Å². The van der Waals surface area contributed by atoms with Crippen molar-refractivity contribution < 1.29 is 9.53 Å². The Morgan fingerprint density at radius 3 is 2.37 bits per heavy atom. The first-order valence-corrected chi connectivity index (χ1v) is 8.13. The third kappa shape index (κ3) is 3.68. The van der Waals surface area contributed by atoms with Crippen LogP contribution >= 0.6 is 47.8 Å². The molecule has 0 unspecified atom stereocenters. The lowest BCUT2D eigenvalue weighted by atomic mass is 10.2. The van der Waals surface area contributed by atoms with Crippen LogP contribution in [0.3, 0.4) is 0 Å². The highest BCUT2D eigenvalue weighted by atomic mass is 79.9. The Balaban J connectivity index is 2.26. The fourth-order valence-corrected chi connectivity index (χ4v) is 3.54. The topological polar surface area (TPSA) is 26.3 Å². The van der Waals surface area contributed by atoms with Gasteiger partial charge in [-0.25, -0.2) is 4.79 Å². The number of benzene rings is 2. The van der Waals surface area contributed by atoms with Gasteiger partial charge in [-0.2, -0.15) is 0 Å². The van der Waals surface area contributed by atoms with Gasteiger partial charge in [0.2, 0.25) is 0 Å². The van der Waals surface area contributed by atoms with Crippen LogP contribution in [0.25, 0.3) is 0 Å². The number of alkyl halides is 1. The molecule has 0 aromatic heterocycles. The zero-order chi connectivity index (χ0) is 13.8. The summed E-state index contributed by atoms with van der Waals surface area (Å²) in [5.74, 6) is 0.135. The van der Waals surface area contributed by atoms with Crippen molar-refractivity contribution in [3.05, 3.63) is 62.5 Å². The van der Waals surface area contributed by atoms with Gasteiger partial charge in [0, 0.05) is 9.80 Å². The second-order valence-electron chi connectivity index (χ2n) is 3.76. The number of hydrogen-bond donors (Lipinski definition) is 0. The number of carbonyl (C=O) groups is 1. The number of esters is 1. The minimum Gasteiger partial charge on any atom is -0.422 e. The van der Waals surface area contributed by atoms with E-state index in [2.05, 4.69) is 47.8 Å². The molecule has 0 fully saturated rings. The maximum absolute atomic E-state index is 12.0. The molecule has 0 aliphatic rings. The molecule has 0 radical (unpaired) electrons. The largest absolute Gasteiger partial charge is 0.422 e. The average Bonchev–Trinajstić information content (AvgIpc) is 2.42. The number of hydrogen-bond acceptors (Lipinski definition) is 2. The lowest BCUT2D eigenvalue weighted by Gasteiger charge is -2.09. The first-order valence-electron chi connectivity index (χ1n) is 5.43. The molecule has 0 saturated carbocycles. The predicted octanol–water partition coefficient (Wildman–Crippen LogP) is 5.33. The molecule has 0 bridgehead atoms. The molecule has 0 spiro atoms. The van der Waals surface area contributed by atoms with Gasteiger partial charge in [0.25, 0.3) is 0 Å². The SMILES string of the molecule is O=C(Oc1cc(CBr)c(Br)cc1Br)c1ccccc1. The smallest absolute Gasteiger partial charge is 0.343 e. The highest BCUT2D eigenvalue weighted by molar-refractivity contribution is 9.11. The van der Waals surface area contributed by atoms with E-state index in [0.29, 0.717) is 16.6 Å². The van der Waals surface area contributed by atoms with Gasteiger partial charge in [0.1, 0.15) is 5.75 Å². The third-order valence-electron chi connectivity index (χ3n) is 2.46. The van der Waals surface area contributed by atoms with Gasteiger partial charge >= 0.3 is 5.97 Å². The lowest BCUT2D eigenvalue weighted by molar-refractivity contribution is 0.0733. The van der Waals surface area contributed by atoms with Crippen molar-refractivity contribution in [2.45, 2.75) is 5.33 Å². The highest BCUT2D eigenvalue weighted by Gasteiger charge is 2.12. The summed E-state index contributed by atoms with van der Waals surface area (Å²) < 4.78 is 7.09. The summed E-state index contributed by atoms with van der Waals surface area (Å²) in [6, 6.07) is 12.6. The van der Waals surface area contributed by atoms with E-state index in [0.717, 1.165) is 14.5 Å². The van der Waals surface area contributed by atoms with Crippen LogP contribution in [0.2, 0.25) is 0 Å². The van der Waals surface area contributed by atoms with Crippen LogP contribution in [0.5, 0.6) is 5.75 Å². The van der Waals surface area contributed by atoms with E-state index in [1.165, 1.54) is 0 Å². The molecule has 2 nitrogen and oxygen atoms in total. The summed E-state index contributed by atoms with van der Waals surface area (Å²) in [5, 5.41) is 0.677. The van der Waals surface area contributed by atoms with E-state index < -0.39 is 0 Å². The molecule has 0 aliphatic heterocycles. The van der Waals surface area contributed by atoms with E-state index in [1.54, 1.807) is 24.3 Å². The predicted molar refractivity (Wildman–Crippen MR) is 85.9 cm³/mol. The van der Waals surface area contributed by atoms with Crippen molar-refractivity contribution >= 4 is 53.8 Å². The van der Waals surface area contributed by atoms with Crippen LogP contribution in [0.15, 0.2) is 51.4 Å². The summed E-state index contributed by atoms with van der Waals surface area (Å²) in [6.07, 6.45) is 0. The van der Waals surface area contributed by atoms with E-state index >= 15 is 0 Å². The molecule has 19 heavy (non-hydrogen) atoms. The van der Waals surface area contributed by atoms with Crippen molar-refractivity contribution in [3.8, 4) is 5.75 Å². The van der Waals surface area contributed by atoms with Gasteiger partial charge in [-0.1, -0.05) is 50.1 Å². The molecular weight excluding hydrogens is 440 g/mol. The minimum atomic E-state index is -0.371. The number of ether oxygens (including phenoxy) is 1. The molecule has 0 atom stereocenters. The van der Waals surface area contributed by atoms with Crippen LogP contribution in [-0.2, 0) is 5.33 Å². The Labute approximate surface area is 136 Å². The Kier molecular flexibility index (Phi) is 5.19. The molecule has 98 valence electrons. The lowest BCUT2D eigenvalue weighted by Crippen LogP contribution is -2.08. The van der Waals surface area contributed by atoms with Crippen molar-refractivity contribution in [3.63, 3.8) is 0 Å². The normalized spacial score (nSPS) is 10.3. The first-order chi connectivity index (χ1) is 9.11. The van der Waals surface area contributed by atoms with Gasteiger partial charge in [0.15, 0.2) is 0 Å². The summed E-state index contributed by atoms with van der Waals surface area (Å²) in [6.45, 7) is 0. The molecular formula is C14H9Br3O2. The quantitative estimate of drug-likeness (QED) is 0.360. The second kappa shape index (κ2) is 6.68. The zero-order valence-electron chi connectivity index (χ0n) is 9.70. The fraction of sp³-hybridized carbons (Fsp3) is 0.0714. The number of rotatable bonds is 3. The monoisotopic (exact) mass is 446 g/mol. The van der Waals surface area contributed by atoms with Crippen molar-refractivity contribution in [1.29, 1.82) is 0 Å². The Hall–Kier alpha value is -0.650.